The van der Waals surface area contributed by atoms with Crippen LogP contribution in [0.5, 0.6) is 0 Å². The van der Waals surface area contributed by atoms with Crippen LogP contribution in [-0.4, -0.2) is 38.9 Å². The fraction of sp³-hybridized carbons (Fsp3) is 0.565. The Labute approximate surface area is 175 Å². The number of carbonyl (C=O) groups excluding carboxylic acids is 2. The van der Waals surface area contributed by atoms with E-state index in [4.69, 9.17) is 9.16 Å². The number of hydrogen-bond acceptors (Lipinski definition) is 4. The maximum atomic E-state index is 12.1. The van der Waals surface area contributed by atoms with Gasteiger partial charge in [-0.15, -0.1) is 0 Å². The molecule has 1 heterocycles. The van der Waals surface area contributed by atoms with E-state index in [-0.39, 0.29) is 41.6 Å². The number of esters is 1. The minimum atomic E-state index is -1.92. The van der Waals surface area contributed by atoms with Crippen LogP contribution < -0.4 is 5.32 Å². The van der Waals surface area contributed by atoms with Crippen LogP contribution in [0.1, 0.15) is 50.9 Å². The molecular formula is C23H33NO4Si. The fourth-order valence-electron chi connectivity index (χ4n) is 3.09. The van der Waals surface area contributed by atoms with Crippen molar-refractivity contribution >= 4 is 20.2 Å². The molecule has 1 saturated heterocycles. The van der Waals surface area contributed by atoms with Crippen LogP contribution >= 0.6 is 0 Å². The van der Waals surface area contributed by atoms with Gasteiger partial charge in [0.25, 0.3) is 0 Å². The van der Waals surface area contributed by atoms with Gasteiger partial charge in [-0.3, -0.25) is 4.79 Å². The second-order valence-electron chi connectivity index (χ2n) is 9.06. The lowest BCUT2D eigenvalue weighted by Crippen LogP contribution is -2.63. The van der Waals surface area contributed by atoms with Gasteiger partial charge < -0.3 is 14.5 Å². The third-order valence-electron chi connectivity index (χ3n) is 5.85. The highest BCUT2D eigenvalue weighted by Crippen LogP contribution is 2.39. The zero-order valence-corrected chi connectivity index (χ0v) is 19.4. The summed E-state index contributed by atoms with van der Waals surface area (Å²) in [4.78, 5) is 23.9. The van der Waals surface area contributed by atoms with Crippen molar-refractivity contribution in [3.8, 4) is 11.8 Å². The van der Waals surface area contributed by atoms with Crippen LogP contribution in [0.25, 0.3) is 0 Å². The molecule has 1 aromatic rings. The molecule has 0 spiro atoms. The summed E-state index contributed by atoms with van der Waals surface area (Å²) in [5.41, 5.74) is 0.519. The first kappa shape index (κ1) is 23.2. The van der Waals surface area contributed by atoms with Gasteiger partial charge in [-0.25, -0.2) is 4.79 Å². The fourth-order valence-corrected chi connectivity index (χ4v) is 4.52. The standard InChI is InChI=1S/C23H33NO4Si/c1-17(28-29(5,6)23(2,3)4)20-19(24-21(20)25)15-11-8-12-16-27-22(26)18-13-9-7-10-14-18/h7,9-10,13-14,17,19-20H,11,15-16H2,1-6H3,(H,24,25)/t17-,19-,20?/m1/s1. The van der Waals surface area contributed by atoms with E-state index in [0.29, 0.717) is 12.0 Å². The molecule has 1 fully saturated rings. The van der Waals surface area contributed by atoms with Crippen molar-refractivity contribution in [2.75, 3.05) is 6.61 Å². The molecule has 0 saturated carbocycles. The average molecular weight is 416 g/mol. The average Bonchev–Trinajstić information content (AvgIpc) is 2.62. The van der Waals surface area contributed by atoms with Crippen LogP contribution in [0.4, 0.5) is 0 Å². The van der Waals surface area contributed by atoms with Gasteiger partial charge in [0.15, 0.2) is 14.9 Å². The maximum Gasteiger partial charge on any atom is 0.339 e. The first-order valence-corrected chi connectivity index (χ1v) is 13.1. The van der Waals surface area contributed by atoms with E-state index in [1.807, 2.05) is 13.0 Å². The summed E-state index contributed by atoms with van der Waals surface area (Å²) in [6, 6.07) is 8.94. The van der Waals surface area contributed by atoms with Crippen LogP contribution in [0.3, 0.4) is 0 Å². The maximum absolute atomic E-state index is 12.1. The van der Waals surface area contributed by atoms with Gasteiger partial charge in [0.05, 0.1) is 17.6 Å². The second-order valence-corrected chi connectivity index (χ2v) is 13.8. The Morgan fingerprint density at radius 2 is 1.86 bits per heavy atom. The van der Waals surface area contributed by atoms with Crippen LogP contribution in [0, 0.1) is 17.8 Å². The smallest absolute Gasteiger partial charge is 0.339 e. The molecule has 6 heteroatoms. The largest absolute Gasteiger partial charge is 0.449 e. The summed E-state index contributed by atoms with van der Waals surface area (Å²) in [5, 5.41) is 3.08. The molecule has 1 aromatic carbocycles. The van der Waals surface area contributed by atoms with Gasteiger partial charge in [-0.2, -0.15) is 0 Å². The quantitative estimate of drug-likeness (QED) is 0.314. The molecule has 0 bridgehead atoms. The van der Waals surface area contributed by atoms with Crippen LogP contribution in [0.2, 0.25) is 18.1 Å². The second kappa shape index (κ2) is 9.60. The van der Waals surface area contributed by atoms with Crippen molar-refractivity contribution in [2.24, 2.45) is 5.92 Å². The molecule has 1 aliphatic rings. The van der Waals surface area contributed by atoms with E-state index < -0.39 is 8.32 Å². The van der Waals surface area contributed by atoms with E-state index in [9.17, 15) is 9.59 Å². The third-order valence-corrected chi connectivity index (χ3v) is 10.4. The first-order chi connectivity index (χ1) is 13.5. The zero-order chi connectivity index (χ0) is 21.7. The summed E-state index contributed by atoms with van der Waals surface area (Å²) in [7, 11) is -1.92. The third kappa shape index (κ3) is 6.19. The summed E-state index contributed by atoms with van der Waals surface area (Å²) < 4.78 is 11.5. The van der Waals surface area contributed by atoms with Gasteiger partial charge in [-0.1, -0.05) is 50.8 Å². The van der Waals surface area contributed by atoms with Gasteiger partial charge >= 0.3 is 5.97 Å². The highest BCUT2D eigenvalue weighted by atomic mass is 28.4. The Hall–Kier alpha value is -2.10. The zero-order valence-electron chi connectivity index (χ0n) is 18.4. The number of β-lactam (4-membered cyclic amide) rings is 1. The summed E-state index contributed by atoms with van der Waals surface area (Å²) in [6.45, 7) is 13.1. The molecule has 2 rings (SSSR count). The molecule has 1 amide bonds. The molecule has 0 aromatic heterocycles. The molecule has 5 nitrogen and oxygen atoms in total. The van der Waals surface area contributed by atoms with Crippen LogP contribution in [0.15, 0.2) is 30.3 Å². The molecule has 1 unspecified atom stereocenters. The van der Waals surface area contributed by atoms with Gasteiger partial charge in [0.1, 0.15) is 0 Å². The molecule has 29 heavy (non-hydrogen) atoms. The van der Waals surface area contributed by atoms with Gasteiger partial charge in [0.2, 0.25) is 5.91 Å². The minimum absolute atomic E-state index is 0.0611. The van der Waals surface area contributed by atoms with E-state index >= 15 is 0 Å². The number of hydrogen-bond donors (Lipinski definition) is 1. The predicted octanol–water partition coefficient (Wildman–Crippen LogP) is 4.15. The highest BCUT2D eigenvalue weighted by Gasteiger charge is 2.46. The Balaban J connectivity index is 1.76. The SMILES string of the molecule is C[C@@H](O[Si](C)(C)C(C)(C)C)C1C(=O)N[C@@H]1CCC#CCOC(=O)c1ccccc1. The van der Waals surface area contributed by atoms with E-state index in [1.54, 1.807) is 24.3 Å². The number of benzene rings is 1. The minimum Gasteiger partial charge on any atom is -0.449 e. The lowest BCUT2D eigenvalue weighted by molar-refractivity contribution is -0.140. The van der Waals surface area contributed by atoms with Crippen molar-refractivity contribution in [3.05, 3.63) is 35.9 Å². The summed E-state index contributed by atoms with van der Waals surface area (Å²) in [5.74, 6) is 5.47. The lowest BCUT2D eigenvalue weighted by atomic mass is 9.83. The molecule has 0 aliphatic carbocycles. The van der Waals surface area contributed by atoms with Crippen molar-refractivity contribution < 1.29 is 18.8 Å². The Morgan fingerprint density at radius 3 is 2.45 bits per heavy atom. The molecule has 1 aliphatic heterocycles. The molecule has 1 N–H and O–H groups in total. The van der Waals surface area contributed by atoms with E-state index in [1.165, 1.54) is 0 Å². The number of amides is 1. The summed E-state index contributed by atoms with van der Waals surface area (Å²) >= 11 is 0. The molecular weight excluding hydrogens is 382 g/mol. The van der Waals surface area contributed by atoms with Crippen molar-refractivity contribution in [1.82, 2.24) is 5.32 Å². The van der Waals surface area contributed by atoms with E-state index in [2.05, 4.69) is 51.0 Å². The van der Waals surface area contributed by atoms with Crippen molar-refractivity contribution in [2.45, 2.75) is 70.8 Å². The number of carbonyl (C=O) groups is 2. The predicted molar refractivity (Wildman–Crippen MR) is 117 cm³/mol. The highest BCUT2D eigenvalue weighted by molar-refractivity contribution is 6.74. The van der Waals surface area contributed by atoms with Gasteiger partial charge in [-0.05, 0) is 43.6 Å². The topological polar surface area (TPSA) is 64.6 Å². The van der Waals surface area contributed by atoms with Crippen LogP contribution in [-0.2, 0) is 14.0 Å². The molecule has 0 radical (unpaired) electrons. The number of nitrogens with one attached hydrogen (secondary N) is 1. The first-order valence-electron chi connectivity index (χ1n) is 10.2. The van der Waals surface area contributed by atoms with Crippen molar-refractivity contribution in [1.29, 1.82) is 0 Å². The Morgan fingerprint density at radius 1 is 1.21 bits per heavy atom. The molecule has 3 atom stereocenters. The van der Waals surface area contributed by atoms with E-state index in [0.717, 1.165) is 6.42 Å². The normalized spacial score (nSPS) is 20.0. The lowest BCUT2D eigenvalue weighted by Gasteiger charge is -2.45. The Bertz CT molecular complexity index is 774. The Kier molecular flexibility index (Phi) is 7.67. The number of ether oxygens (including phenoxy) is 1. The van der Waals surface area contributed by atoms with Gasteiger partial charge in [0, 0.05) is 12.5 Å². The van der Waals surface area contributed by atoms with Crippen molar-refractivity contribution in [3.63, 3.8) is 0 Å². The molecule has 158 valence electrons. The number of rotatable bonds is 7. The monoisotopic (exact) mass is 415 g/mol. The summed E-state index contributed by atoms with van der Waals surface area (Å²) in [6.07, 6.45) is 1.30.